The molecular weight excluding hydrogens is 242 g/mol. The van der Waals surface area contributed by atoms with E-state index in [0.29, 0.717) is 19.6 Å². The molecule has 17 heavy (non-hydrogen) atoms. The van der Waals surface area contributed by atoms with E-state index in [-0.39, 0.29) is 11.0 Å². The Balaban J connectivity index is 2.58. The molecule has 0 saturated carbocycles. The summed E-state index contributed by atoms with van der Waals surface area (Å²) in [5, 5.41) is 2.70. The van der Waals surface area contributed by atoms with E-state index in [4.69, 9.17) is 5.73 Å². The number of rotatable bonds is 5. The first-order valence-corrected chi connectivity index (χ1v) is 7.52. The summed E-state index contributed by atoms with van der Waals surface area (Å²) in [5.41, 5.74) is 5.29. The maximum Gasteiger partial charge on any atom is 0.236 e. The number of hydrogen-bond donors (Lipinski definition) is 2. The lowest BCUT2D eigenvalue weighted by atomic mass is 10.2. The van der Waals surface area contributed by atoms with Crippen LogP contribution in [-0.2, 0) is 14.6 Å². The number of carbonyl (C=O) groups excluding carboxylic acids is 1. The van der Waals surface area contributed by atoms with Gasteiger partial charge in [-0.2, -0.15) is 0 Å². The highest BCUT2D eigenvalue weighted by Gasteiger charge is 2.28. The highest BCUT2D eigenvalue weighted by Crippen LogP contribution is 2.06. The van der Waals surface area contributed by atoms with Gasteiger partial charge in [0.05, 0.1) is 11.0 Å². The number of amides is 1. The van der Waals surface area contributed by atoms with Gasteiger partial charge in [-0.15, -0.1) is 0 Å². The number of piperazine rings is 1. The molecule has 0 radical (unpaired) electrons. The second-order valence-electron chi connectivity index (χ2n) is 4.57. The van der Waals surface area contributed by atoms with Gasteiger partial charge in [0, 0.05) is 26.2 Å². The van der Waals surface area contributed by atoms with Crippen LogP contribution in [0.4, 0.5) is 0 Å². The first kappa shape index (κ1) is 14.4. The van der Waals surface area contributed by atoms with Gasteiger partial charge in [-0.25, -0.2) is 8.42 Å². The summed E-state index contributed by atoms with van der Waals surface area (Å²) >= 11 is 0. The summed E-state index contributed by atoms with van der Waals surface area (Å²) in [4.78, 5) is 13.1. The van der Waals surface area contributed by atoms with Crippen LogP contribution in [0.2, 0.25) is 0 Å². The van der Waals surface area contributed by atoms with Crippen LogP contribution >= 0.6 is 0 Å². The van der Waals surface area contributed by atoms with Gasteiger partial charge >= 0.3 is 0 Å². The molecule has 0 aromatic heterocycles. The van der Waals surface area contributed by atoms with Gasteiger partial charge in [-0.1, -0.05) is 0 Å². The van der Waals surface area contributed by atoms with Crippen LogP contribution in [0.5, 0.6) is 0 Å². The third-order valence-corrected chi connectivity index (χ3v) is 5.25. The third kappa shape index (κ3) is 3.93. The predicted octanol–water partition coefficient (Wildman–Crippen LogP) is -1.43. The molecule has 1 fully saturated rings. The van der Waals surface area contributed by atoms with Crippen molar-refractivity contribution < 1.29 is 13.2 Å². The number of sulfone groups is 1. The lowest BCUT2D eigenvalue weighted by Gasteiger charge is -2.34. The van der Waals surface area contributed by atoms with Gasteiger partial charge in [0.1, 0.15) is 6.04 Å². The number of carbonyl (C=O) groups is 1. The molecule has 6 nitrogen and oxygen atoms in total. The topological polar surface area (TPSA) is 92.5 Å². The fraction of sp³-hybridized carbons (Fsp3) is 0.900. The Morgan fingerprint density at radius 2 is 2.18 bits per heavy atom. The van der Waals surface area contributed by atoms with Crippen LogP contribution in [0.25, 0.3) is 0 Å². The molecule has 0 spiro atoms. The summed E-state index contributed by atoms with van der Waals surface area (Å²) in [6.07, 6.45) is 0. The van der Waals surface area contributed by atoms with Gasteiger partial charge in [0.25, 0.3) is 0 Å². The molecule has 0 bridgehead atoms. The van der Waals surface area contributed by atoms with E-state index in [1.54, 1.807) is 13.8 Å². The number of nitrogens with two attached hydrogens (primary N) is 1. The van der Waals surface area contributed by atoms with Crippen molar-refractivity contribution >= 4 is 15.7 Å². The smallest absolute Gasteiger partial charge is 0.236 e. The van der Waals surface area contributed by atoms with Crippen molar-refractivity contribution in [3.8, 4) is 0 Å². The summed E-state index contributed by atoms with van der Waals surface area (Å²) in [7, 11) is -3.06. The van der Waals surface area contributed by atoms with Crippen LogP contribution in [0.15, 0.2) is 0 Å². The summed E-state index contributed by atoms with van der Waals surface area (Å²) < 4.78 is 23.4. The second-order valence-corrected chi connectivity index (χ2v) is 7.25. The highest BCUT2D eigenvalue weighted by atomic mass is 32.2. The van der Waals surface area contributed by atoms with Crippen molar-refractivity contribution in [3.05, 3.63) is 0 Å². The Morgan fingerprint density at radius 1 is 1.53 bits per heavy atom. The lowest BCUT2D eigenvalue weighted by molar-refractivity contribution is -0.123. The predicted molar refractivity (Wildman–Crippen MR) is 66.3 cm³/mol. The molecule has 1 aliphatic heterocycles. The third-order valence-electron chi connectivity index (χ3n) is 3.06. The molecule has 1 atom stereocenters. The van der Waals surface area contributed by atoms with Crippen LogP contribution < -0.4 is 11.1 Å². The van der Waals surface area contributed by atoms with Crippen LogP contribution in [-0.4, -0.2) is 62.4 Å². The van der Waals surface area contributed by atoms with Crippen LogP contribution in [0.3, 0.4) is 0 Å². The van der Waals surface area contributed by atoms with E-state index >= 15 is 0 Å². The SMILES string of the molecule is CC(C)S(=O)(=O)CCN1CCNCC1C(N)=O. The van der Waals surface area contributed by atoms with Crippen molar-refractivity contribution in [2.45, 2.75) is 25.1 Å². The van der Waals surface area contributed by atoms with E-state index in [2.05, 4.69) is 5.32 Å². The van der Waals surface area contributed by atoms with E-state index in [1.807, 2.05) is 4.90 Å². The van der Waals surface area contributed by atoms with Gasteiger partial charge in [0.2, 0.25) is 5.91 Å². The van der Waals surface area contributed by atoms with Gasteiger partial charge in [0.15, 0.2) is 9.84 Å². The molecule has 0 aromatic rings. The number of nitrogens with one attached hydrogen (secondary N) is 1. The van der Waals surface area contributed by atoms with E-state index in [0.717, 1.165) is 6.54 Å². The Hall–Kier alpha value is -0.660. The van der Waals surface area contributed by atoms with Crippen molar-refractivity contribution in [1.82, 2.24) is 10.2 Å². The standard InChI is InChI=1S/C10H21N3O3S/c1-8(2)17(15,16)6-5-13-4-3-12-7-9(13)10(11)14/h8-9,12H,3-7H2,1-2H3,(H2,11,14). The minimum Gasteiger partial charge on any atom is -0.368 e. The summed E-state index contributed by atoms with van der Waals surface area (Å²) in [5.74, 6) is -0.326. The quantitative estimate of drug-likeness (QED) is 0.634. The molecule has 1 heterocycles. The Labute approximate surface area is 102 Å². The van der Waals surface area contributed by atoms with Gasteiger partial charge < -0.3 is 11.1 Å². The Morgan fingerprint density at radius 3 is 2.71 bits per heavy atom. The summed E-state index contributed by atoms with van der Waals surface area (Å²) in [6.45, 7) is 5.61. The average Bonchev–Trinajstić information content (AvgIpc) is 2.26. The molecule has 0 aliphatic carbocycles. The first-order valence-electron chi connectivity index (χ1n) is 5.80. The second kappa shape index (κ2) is 5.79. The molecule has 100 valence electrons. The Bertz CT molecular complexity index is 367. The van der Waals surface area contributed by atoms with Crippen LogP contribution in [0, 0.1) is 0 Å². The molecule has 7 heteroatoms. The monoisotopic (exact) mass is 263 g/mol. The zero-order valence-electron chi connectivity index (χ0n) is 10.3. The molecule has 0 aromatic carbocycles. The largest absolute Gasteiger partial charge is 0.368 e. The fourth-order valence-electron chi connectivity index (χ4n) is 1.77. The van der Waals surface area contributed by atoms with E-state index in [9.17, 15) is 13.2 Å². The fourth-order valence-corrected chi connectivity index (χ4v) is 2.74. The number of hydrogen-bond acceptors (Lipinski definition) is 5. The molecule has 1 unspecified atom stereocenters. The molecule has 1 amide bonds. The minimum absolute atomic E-state index is 0.0778. The average molecular weight is 263 g/mol. The van der Waals surface area contributed by atoms with Crippen molar-refractivity contribution in [3.63, 3.8) is 0 Å². The first-order chi connectivity index (χ1) is 7.84. The van der Waals surface area contributed by atoms with E-state index in [1.165, 1.54) is 0 Å². The maximum atomic E-state index is 11.7. The van der Waals surface area contributed by atoms with Crippen molar-refractivity contribution in [1.29, 1.82) is 0 Å². The van der Waals surface area contributed by atoms with Crippen LogP contribution in [0.1, 0.15) is 13.8 Å². The minimum atomic E-state index is -3.06. The zero-order chi connectivity index (χ0) is 13.1. The normalized spacial score (nSPS) is 22.9. The molecule has 1 aliphatic rings. The maximum absolute atomic E-state index is 11.7. The molecule has 1 rings (SSSR count). The molecular formula is C10H21N3O3S. The molecule has 3 N–H and O–H groups in total. The van der Waals surface area contributed by atoms with Crippen molar-refractivity contribution in [2.75, 3.05) is 31.9 Å². The zero-order valence-corrected chi connectivity index (χ0v) is 11.2. The lowest BCUT2D eigenvalue weighted by Crippen LogP contribution is -2.57. The van der Waals surface area contributed by atoms with E-state index < -0.39 is 21.8 Å². The van der Waals surface area contributed by atoms with Crippen molar-refractivity contribution in [2.24, 2.45) is 5.73 Å². The Kier molecular flexibility index (Phi) is 4.91. The summed E-state index contributed by atoms with van der Waals surface area (Å²) in [6, 6.07) is -0.397. The highest BCUT2D eigenvalue weighted by molar-refractivity contribution is 7.92. The molecule has 1 saturated heterocycles. The van der Waals surface area contributed by atoms with Gasteiger partial charge in [-0.3, -0.25) is 9.69 Å². The number of primary amides is 1. The van der Waals surface area contributed by atoms with Gasteiger partial charge in [-0.05, 0) is 13.8 Å². The number of nitrogens with zero attached hydrogens (tertiary/aromatic N) is 1.